The van der Waals surface area contributed by atoms with Gasteiger partial charge in [-0.25, -0.2) is 27.5 Å². The van der Waals surface area contributed by atoms with Crippen molar-refractivity contribution in [2.75, 3.05) is 37.6 Å². The van der Waals surface area contributed by atoms with Gasteiger partial charge in [-0.05, 0) is 30.3 Å². The lowest BCUT2D eigenvalue weighted by Gasteiger charge is -2.34. The fourth-order valence-electron chi connectivity index (χ4n) is 2.58. The Morgan fingerprint density at radius 3 is 2.31 bits per heavy atom. The average Bonchev–Trinajstić information content (AvgIpc) is 2.67. The van der Waals surface area contributed by atoms with E-state index in [1.54, 1.807) is 23.4 Å². The van der Waals surface area contributed by atoms with Gasteiger partial charge in [0.25, 0.3) is 0 Å². The molecular formula is C16H18FN5O3S. The monoisotopic (exact) mass is 379 g/mol. The minimum absolute atomic E-state index is 0.0854. The van der Waals surface area contributed by atoms with Crippen LogP contribution in [0.3, 0.4) is 0 Å². The molecule has 10 heteroatoms. The number of halogens is 1. The number of benzene rings is 1. The van der Waals surface area contributed by atoms with Gasteiger partial charge in [0.1, 0.15) is 5.82 Å². The number of carbonyl (C=O) groups excluding carboxylic acids is 1. The number of hydrogen-bond acceptors (Lipinski definition) is 6. The number of rotatable bonds is 5. The Morgan fingerprint density at radius 2 is 1.69 bits per heavy atom. The third-order valence-corrected chi connectivity index (χ3v) is 5.42. The highest BCUT2D eigenvalue weighted by Gasteiger charge is 2.24. The van der Waals surface area contributed by atoms with E-state index in [9.17, 15) is 17.6 Å². The maximum Gasteiger partial charge on any atom is 0.241 e. The van der Waals surface area contributed by atoms with E-state index in [0.717, 1.165) is 24.3 Å². The van der Waals surface area contributed by atoms with E-state index in [-0.39, 0.29) is 17.3 Å². The summed E-state index contributed by atoms with van der Waals surface area (Å²) in [6, 6.07) is 6.15. The van der Waals surface area contributed by atoms with Crippen molar-refractivity contribution < 1.29 is 17.6 Å². The van der Waals surface area contributed by atoms with Crippen molar-refractivity contribution in [1.29, 1.82) is 0 Å². The van der Waals surface area contributed by atoms with E-state index >= 15 is 0 Å². The van der Waals surface area contributed by atoms with Crippen molar-refractivity contribution in [2.24, 2.45) is 0 Å². The van der Waals surface area contributed by atoms with E-state index in [2.05, 4.69) is 14.7 Å². The van der Waals surface area contributed by atoms with Crippen LogP contribution in [-0.2, 0) is 14.8 Å². The molecule has 2 heterocycles. The quantitative estimate of drug-likeness (QED) is 0.800. The summed E-state index contributed by atoms with van der Waals surface area (Å²) in [5, 5.41) is 0. The lowest BCUT2D eigenvalue weighted by atomic mass is 10.3. The average molecular weight is 379 g/mol. The number of carbonyl (C=O) groups is 1. The molecule has 1 aromatic heterocycles. The highest BCUT2D eigenvalue weighted by atomic mass is 32.2. The Kier molecular flexibility index (Phi) is 5.43. The second-order valence-corrected chi connectivity index (χ2v) is 7.46. The van der Waals surface area contributed by atoms with Crippen LogP contribution in [0.5, 0.6) is 0 Å². The molecule has 1 fully saturated rings. The Morgan fingerprint density at radius 1 is 1.08 bits per heavy atom. The molecule has 1 N–H and O–H groups in total. The summed E-state index contributed by atoms with van der Waals surface area (Å²) >= 11 is 0. The van der Waals surface area contributed by atoms with Crippen LogP contribution in [0.15, 0.2) is 47.6 Å². The molecule has 0 unspecified atom stereocenters. The first-order valence-electron chi connectivity index (χ1n) is 8.01. The molecule has 26 heavy (non-hydrogen) atoms. The van der Waals surface area contributed by atoms with Gasteiger partial charge in [-0.1, -0.05) is 0 Å². The molecule has 138 valence electrons. The minimum atomic E-state index is -3.86. The molecule has 1 aromatic carbocycles. The van der Waals surface area contributed by atoms with Gasteiger partial charge in [0.05, 0.1) is 11.4 Å². The van der Waals surface area contributed by atoms with Gasteiger partial charge in [0, 0.05) is 38.6 Å². The van der Waals surface area contributed by atoms with Gasteiger partial charge in [0.2, 0.25) is 21.9 Å². The Hall–Kier alpha value is -2.59. The first-order chi connectivity index (χ1) is 12.5. The van der Waals surface area contributed by atoms with E-state index in [4.69, 9.17) is 0 Å². The van der Waals surface area contributed by atoms with Crippen LogP contribution in [0, 0.1) is 5.82 Å². The summed E-state index contributed by atoms with van der Waals surface area (Å²) in [6.45, 7) is 1.70. The highest BCUT2D eigenvalue weighted by molar-refractivity contribution is 7.89. The SMILES string of the molecule is O=C(CNS(=O)(=O)c1ccc(F)cc1)N1CCN(c2ncccn2)CC1. The van der Waals surface area contributed by atoms with E-state index < -0.39 is 15.8 Å². The van der Waals surface area contributed by atoms with Gasteiger partial charge in [-0.15, -0.1) is 0 Å². The summed E-state index contributed by atoms with van der Waals surface area (Å²) in [6.07, 6.45) is 3.31. The zero-order valence-corrected chi connectivity index (χ0v) is 14.7. The molecule has 0 bridgehead atoms. The van der Waals surface area contributed by atoms with E-state index in [1.807, 2.05) is 4.90 Å². The van der Waals surface area contributed by atoms with Gasteiger partial charge >= 0.3 is 0 Å². The van der Waals surface area contributed by atoms with Gasteiger partial charge in [0.15, 0.2) is 0 Å². The largest absolute Gasteiger partial charge is 0.338 e. The summed E-state index contributed by atoms with van der Waals surface area (Å²) in [5.74, 6) is -0.235. The van der Waals surface area contributed by atoms with Crippen molar-refractivity contribution in [3.05, 3.63) is 48.5 Å². The Balaban J connectivity index is 1.52. The molecule has 0 radical (unpaired) electrons. The van der Waals surface area contributed by atoms with Crippen molar-refractivity contribution in [1.82, 2.24) is 19.6 Å². The molecule has 8 nitrogen and oxygen atoms in total. The second kappa shape index (κ2) is 7.75. The predicted molar refractivity (Wildman–Crippen MR) is 92.4 cm³/mol. The molecule has 0 saturated carbocycles. The predicted octanol–water partition coefficient (Wildman–Crippen LogP) is 0.243. The van der Waals surface area contributed by atoms with Gasteiger partial charge < -0.3 is 9.80 Å². The van der Waals surface area contributed by atoms with Crippen LogP contribution < -0.4 is 9.62 Å². The van der Waals surface area contributed by atoms with Crippen molar-refractivity contribution >= 4 is 21.9 Å². The summed E-state index contributed by atoms with van der Waals surface area (Å²) in [4.78, 5) is 24.1. The summed E-state index contributed by atoms with van der Waals surface area (Å²) in [5.41, 5.74) is 0. The molecular weight excluding hydrogens is 361 g/mol. The Labute approximate surface area is 150 Å². The molecule has 2 aromatic rings. The first kappa shape index (κ1) is 18.2. The van der Waals surface area contributed by atoms with Crippen LogP contribution in [0.2, 0.25) is 0 Å². The lowest BCUT2D eigenvalue weighted by molar-refractivity contribution is -0.130. The number of anilines is 1. The third kappa shape index (κ3) is 4.33. The molecule has 1 aliphatic rings. The number of nitrogens with zero attached hydrogens (tertiary/aromatic N) is 4. The van der Waals surface area contributed by atoms with Crippen molar-refractivity contribution in [2.45, 2.75) is 4.90 Å². The second-order valence-electron chi connectivity index (χ2n) is 5.70. The first-order valence-corrected chi connectivity index (χ1v) is 9.49. The van der Waals surface area contributed by atoms with Crippen LogP contribution in [-0.4, -0.2) is 61.9 Å². The summed E-state index contributed by atoms with van der Waals surface area (Å²) < 4.78 is 39.4. The maximum absolute atomic E-state index is 12.9. The number of sulfonamides is 1. The highest BCUT2D eigenvalue weighted by Crippen LogP contribution is 2.11. The number of amides is 1. The molecule has 0 atom stereocenters. The standard InChI is InChI=1S/C16H18FN5O3S/c17-13-2-4-14(5-3-13)26(24,25)20-12-15(23)21-8-10-22(11-9-21)16-18-6-1-7-19-16/h1-7,20H,8-12H2. The van der Waals surface area contributed by atoms with Crippen LogP contribution in [0.25, 0.3) is 0 Å². The van der Waals surface area contributed by atoms with Crippen LogP contribution in [0.1, 0.15) is 0 Å². The zero-order valence-electron chi connectivity index (χ0n) is 13.9. The molecule has 3 rings (SSSR count). The fraction of sp³-hybridized carbons (Fsp3) is 0.312. The number of nitrogens with one attached hydrogen (secondary N) is 1. The van der Waals surface area contributed by atoms with E-state index in [0.29, 0.717) is 32.1 Å². The third-order valence-electron chi connectivity index (χ3n) is 4.00. The van der Waals surface area contributed by atoms with Crippen molar-refractivity contribution in [3.63, 3.8) is 0 Å². The maximum atomic E-state index is 12.9. The number of piperazine rings is 1. The smallest absolute Gasteiger partial charge is 0.241 e. The molecule has 1 aliphatic heterocycles. The van der Waals surface area contributed by atoms with Gasteiger partial charge in [-0.3, -0.25) is 4.79 Å². The van der Waals surface area contributed by atoms with Crippen LogP contribution >= 0.6 is 0 Å². The molecule has 0 aliphatic carbocycles. The zero-order chi connectivity index (χ0) is 18.6. The lowest BCUT2D eigenvalue weighted by Crippen LogP contribution is -2.51. The molecule has 0 spiro atoms. The molecule has 1 saturated heterocycles. The van der Waals surface area contributed by atoms with Gasteiger partial charge in [-0.2, -0.15) is 0 Å². The molecule has 1 amide bonds. The summed E-state index contributed by atoms with van der Waals surface area (Å²) in [7, 11) is -3.86. The fourth-order valence-corrected chi connectivity index (χ4v) is 3.55. The number of aromatic nitrogens is 2. The number of hydrogen-bond donors (Lipinski definition) is 1. The van der Waals surface area contributed by atoms with Crippen LogP contribution in [0.4, 0.5) is 10.3 Å². The normalized spacial score (nSPS) is 15.1. The minimum Gasteiger partial charge on any atom is -0.338 e. The Bertz CT molecular complexity index is 853. The van der Waals surface area contributed by atoms with E-state index in [1.165, 1.54) is 0 Å². The topological polar surface area (TPSA) is 95.5 Å². The van der Waals surface area contributed by atoms with Crippen molar-refractivity contribution in [3.8, 4) is 0 Å².